The summed E-state index contributed by atoms with van der Waals surface area (Å²) in [5, 5.41) is 26.1. The van der Waals surface area contributed by atoms with Crippen LogP contribution in [-0.2, 0) is 11.4 Å². The van der Waals surface area contributed by atoms with Gasteiger partial charge in [-0.3, -0.25) is 14.9 Å². The average molecular weight is 404 g/mol. The highest BCUT2D eigenvalue weighted by Gasteiger charge is 2.12. The van der Waals surface area contributed by atoms with Crippen molar-refractivity contribution < 1.29 is 19.0 Å². The molecule has 0 fully saturated rings. The Morgan fingerprint density at radius 2 is 1.97 bits per heavy atom. The Morgan fingerprint density at radius 3 is 2.53 bits per heavy atom. The molecule has 30 heavy (non-hydrogen) atoms. The fourth-order valence-electron chi connectivity index (χ4n) is 2.47. The molecule has 150 valence electrons. The number of nitro benzene ring substituents is 1. The highest BCUT2D eigenvalue weighted by molar-refractivity contribution is 6.09. The standard InChI is InChI=1S/C21H16N4O5/c1-14-10-20(24-30-14)23-21(26)17(12-22)11-15-4-8-19(9-5-15)29-13-16-2-6-18(7-3-16)25(27)28/h2-11H,13H2,1H3,(H,23,24,26)/b17-11-. The Kier molecular flexibility index (Phi) is 6.20. The molecule has 1 amide bonds. The number of aryl methyl sites for hydroxylation is 1. The van der Waals surface area contributed by atoms with E-state index in [9.17, 15) is 20.2 Å². The number of ether oxygens (including phenoxy) is 1. The minimum Gasteiger partial charge on any atom is -0.489 e. The average Bonchev–Trinajstić information content (AvgIpc) is 3.16. The van der Waals surface area contributed by atoms with Crippen molar-refractivity contribution in [3.63, 3.8) is 0 Å². The molecular formula is C21H16N4O5. The summed E-state index contributed by atoms with van der Waals surface area (Å²) in [5.41, 5.74) is 1.36. The van der Waals surface area contributed by atoms with Gasteiger partial charge in [0.15, 0.2) is 5.82 Å². The first-order chi connectivity index (χ1) is 14.4. The van der Waals surface area contributed by atoms with Crippen LogP contribution in [0.1, 0.15) is 16.9 Å². The number of nitriles is 1. The normalized spacial score (nSPS) is 10.9. The molecule has 1 N–H and O–H groups in total. The SMILES string of the molecule is Cc1cc(NC(=O)/C(C#N)=C\c2ccc(OCc3ccc([N+](=O)[O-])cc3)cc2)no1. The van der Waals surface area contributed by atoms with E-state index in [2.05, 4.69) is 10.5 Å². The molecule has 2 aromatic carbocycles. The van der Waals surface area contributed by atoms with E-state index < -0.39 is 10.8 Å². The van der Waals surface area contributed by atoms with Gasteiger partial charge in [0, 0.05) is 18.2 Å². The Labute approximate surface area is 171 Å². The molecule has 0 radical (unpaired) electrons. The van der Waals surface area contributed by atoms with Crippen molar-refractivity contribution in [3.05, 3.63) is 87.2 Å². The van der Waals surface area contributed by atoms with E-state index in [1.807, 2.05) is 6.07 Å². The van der Waals surface area contributed by atoms with Crippen LogP contribution in [-0.4, -0.2) is 16.0 Å². The number of carbonyl (C=O) groups excluding carboxylic acids is 1. The van der Waals surface area contributed by atoms with Gasteiger partial charge in [-0.2, -0.15) is 5.26 Å². The molecule has 0 atom stereocenters. The number of nitro groups is 1. The maximum atomic E-state index is 12.2. The smallest absolute Gasteiger partial charge is 0.269 e. The van der Waals surface area contributed by atoms with E-state index in [0.29, 0.717) is 17.1 Å². The number of nitrogens with one attached hydrogen (secondary N) is 1. The van der Waals surface area contributed by atoms with Crippen molar-refractivity contribution >= 4 is 23.5 Å². The van der Waals surface area contributed by atoms with Crippen LogP contribution < -0.4 is 10.1 Å². The zero-order chi connectivity index (χ0) is 21.5. The number of hydrogen-bond acceptors (Lipinski definition) is 7. The zero-order valence-corrected chi connectivity index (χ0v) is 15.9. The molecule has 0 bridgehead atoms. The predicted molar refractivity (Wildman–Crippen MR) is 107 cm³/mol. The maximum absolute atomic E-state index is 12.2. The quantitative estimate of drug-likeness (QED) is 0.272. The van der Waals surface area contributed by atoms with Gasteiger partial charge in [-0.15, -0.1) is 0 Å². The van der Waals surface area contributed by atoms with Gasteiger partial charge >= 0.3 is 0 Å². The molecular weight excluding hydrogens is 388 g/mol. The number of non-ortho nitro benzene ring substituents is 1. The predicted octanol–water partition coefficient (Wildman–Crippen LogP) is 4.02. The number of benzene rings is 2. The number of amides is 1. The van der Waals surface area contributed by atoms with Crippen molar-refractivity contribution in [2.75, 3.05) is 5.32 Å². The maximum Gasteiger partial charge on any atom is 0.269 e. The van der Waals surface area contributed by atoms with Crippen LogP contribution in [0.25, 0.3) is 6.08 Å². The summed E-state index contributed by atoms with van der Waals surface area (Å²) in [7, 11) is 0. The minimum atomic E-state index is -0.593. The summed E-state index contributed by atoms with van der Waals surface area (Å²) in [6.07, 6.45) is 1.45. The number of hydrogen-bond donors (Lipinski definition) is 1. The van der Waals surface area contributed by atoms with Gasteiger partial charge in [-0.1, -0.05) is 17.3 Å². The van der Waals surface area contributed by atoms with Crippen molar-refractivity contribution in [2.45, 2.75) is 13.5 Å². The van der Waals surface area contributed by atoms with E-state index in [4.69, 9.17) is 9.26 Å². The third-order valence-corrected chi connectivity index (χ3v) is 3.98. The largest absolute Gasteiger partial charge is 0.489 e. The number of carbonyl (C=O) groups is 1. The second kappa shape index (κ2) is 9.16. The van der Waals surface area contributed by atoms with Crippen LogP contribution in [0.2, 0.25) is 0 Å². The molecule has 0 spiro atoms. The van der Waals surface area contributed by atoms with Gasteiger partial charge in [0.1, 0.15) is 29.8 Å². The fourth-order valence-corrected chi connectivity index (χ4v) is 2.47. The second-order valence-electron chi connectivity index (χ2n) is 6.23. The third kappa shape index (κ3) is 5.30. The van der Waals surface area contributed by atoms with E-state index >= 15 is 0 Å². The number of anilines is 1. The van der Waals surface area contributed by atoms with Gasteiger partial charge in [-0.25, -0.2) is 0 Å². The summed E-state index contributed by atoms with van der Waals surface area (Å²) in [5.74, 6) is 0.751. The molecule has 0 unspecified atom stereocenters. The monoisotopic (exact) mass is 404 g/mol. The third-order valence-electron chi connectivity index (χ3n) is 3.98. The van der Waals surface area contributed by atoms with Gasteiger partial charge in [0.25, 0.3) is 11.6 Å². The van der Waals surface area contributed by atoms with E-state index in [1.165, 1.54) is 18.2 Å². The highest BCUT2D eigenvalue weighted by Crippen LogP contribution is 2.18. The van der Waals surface area contributed by atoms with Crippen molar-refractivity contribution in [1.82, 2.24) is 5.16 Å². The van der Waals surface area contributed by atoms with Crippen LogP contribution in [0.5, 0.6) is 5.75 Å². The van der Waals surface area contributed by atoms with Gasteiger partial charge in [-0.05, 0) is 48.4 Å². The van der Waals surface area contributed by atoms with E-state index in [1.54, 1.807) is 49.4 Å². The molecule has 3 aromatic rings. The minimum absolute atomic E-state index is 0.0194. The summed E-state index contributed by atoms with van der Waals surface area (Å²) in [6.45, 7) is 1.94. The molecule has 9 heteroatoms. The van der Waals surface area contributed by atoms with Crippen LogP contribution in [0.3, 0.4) is 0 Å². The molecule has 0 aliphatic rings. The number of aromatic nitrogens is 1. The molecule has 0 aliphatic heterocycles. The highest BCUT2D eigenvalue weighted by atomic mass is 16.6. The molecule has 3 rings (SSSR count). The summed E-state index contributed by atoms with van der Waals surface area (Å²) >= 11 is 0. The lowest BCUT2D eigenvalue weighted by molar-refractivity contribution is -0.384. The number of rotatable bonds is 7. The molecule has 1 aromatic heterocycles. The first-order valence-corrected chi connectivity index (χ1v) is 8.77. The van der Waals surface area contributed by atoms with Crippen molar-refractivity contribution in [2.24, 2.45) is 0 Å². The lowest BCUT2D eigenvalue weighted by Crippen LogP contribution is -2.13. The van der Waals surface area contributed by atoms with Crippen LogP contribution in [0, 0.1) is 28.4 Å². The Bertz CT molecular complexity index is 1130. The lowest BCUT2D eigenvalue weighted by Gasteiger charge is -2.07. The lowest BCUT2D eigenvalue weighted by atomic mass is 10.1. The van der Waals surface area contributed by atoms with Crippen LogP contribution >= 0.6 is 0 Å². The summed E-state index contributed by atoms with van der Waals surface area (Å²) in [6, 6.07) is 16.3. The first kappa shape index (κ1) is 20.3. The van der Waals surface area contributed by atoms with Gasteiger partial charge < -0.3 is 14.6 Å². The van der Waals surface area contributed by atoms with Gasteiger partial charge in [0.2, 0.25) is 0 Å². The molecule has 0 aliphatic carbocycles. The summed E-state index contributed by atoms with van der Waals surface area (Å²) in [4.78, 5) is 22.4. The van der Waals surface area contributed by atoms with Crippen molar-refractivity contribution in [3.8, 4) is 11.8 Å². The molecule has 0 saturated heterocycles. The first-order valence-electron chi connectivity index (χ1n) is 8.77. The van der Waals surface area contributed by atoms with Crippen LogP contribution in [0.15, 0.2) is 64.7 Å². The van der Waals surface area contributed by atoms with E-state index in [-0.39, 0.29) is 23.7 Å². The second-order valence-corrected chi connectivity index (χ2v) is 6.23. The topological polar surface area (TPSA) is 131 Å². The molecule has 9 nitrogen and oxygen atoms in total. The zero-order valence-electron chi connectivity index (χ0n) is 15.9. The Balaban J connectivity index is 1.61. The Hall–Kier alpha value is -4.45. The van der Waals surface area contributed by atoms with Crippen molar-refractivity contribution in [1.29, 1.82) is 5.26 Å². The van der Waals surface area contributed by atoms with Gasteiger partial charge in [0.05, 0.1) is 4.92 Å². The summed E-state index contributed by atoms with van der Waals surface area (Å²) < 4.78 is 10.5. The molecule has 1 heterocycles. The van der Waals surface area contributed by atoms with E-state index in [0.717, 1.165) is 5.56 Å². The number of nitrogens with zero attached hydrogens (tertiary/aromatic N) is 3. The molecule has 0 saturated carbocycles. The Morgan fingerprint density at radius 1 is 1.27 bits per heavy atom. The fraction of sp³-hybridized carbons (Fsp3) is 0.0952. The van der Waals surface area contributed by atoms with Crippen LogP contribution in [0.4, 0.5) is 11.5 Å².